The minimum Gasteiger partial charge on any atom is -0.493 e. The monoisotopic (exact) mass is 330 g/mol. The normalized spacial score (nSPS) is 10.5. The molecular weight excluding hydrogens is 308 g/mol. The first-order chi connectivity index (χ1) is 11.6. The van der Waals surface area contributed by atoms with Gasteiger partial charge in [-0.05, 0) is 12.8 Å². The Morgan fingerprint density at radius 2 is 1.46 bits per heavy atom. The summed E-state index contributed by atoms with van der Waals surface area (Å²) in [5, 5.41) is 1.36. The largest absolute Gasteiger partial charge is 0.493 e. The van der Waals surface area contributed by atoms with Crippen molar-refractivity contribution >= 4 is 22.7 Å². The summed E-state index contributed by atoms with van der Waals surface area (Å²) < 4.78 is 16.3. The van der Waals surface area contributed by atoms with Crippen LogP contribution in [0.4, 0.5) is 0 Å². The summed E-state index contributed by atoms with van der Waals surface area (Å²) >= 11 is 0. The molecule has 0 N–H and O–H groups in total. The molecule has 0 spiro atoms. The highest BCUT2D eigenvalue weighted by atomic mass is 16.6. The third-order valence-electron chi connectivity index (χ3n) is 3.49. The number of hydrogen-bond acceptors (Lipinski definition) is 5. The van der Waals surface area contributed by atoms with Crippen molar-refractivity contribution in [3.05, 3.63) is 30.3 Å². The van der Waals surface area contributed by atoms with E-state index in [1.807, 2.05) is 38.1 Å². The first-order valence-electron chi connectivity index (χ1n) is 8.11. The van der Waals surface area contributed by atoms with Crippen molar-refractivity contribution < 1.29 is 23.8 Å². The lowest BCUT2D eigenvalue weighted by Crippen LogP contribution is -2.10. The molecule has 5 nitrogen and oxygen atoms in total. The summed E-state index contributed by atoms with van der Waals surface area (Å²) in [4.78, 5) is 23.8. The maximum Gasteiger partial charge on any atom is 0.311 e. The fourth-order valence-electron chi connectivity index (χ4n) is 2.38. The van der Waals surface area contributed by atoms with Crippen molar-refractivity contribution in [1.29, 1.82) is 0 Å². The second-order valence-corrected chi connectivity index (χ2v) is 5.40. The molecule has 0 radical (unpaired) electrons. The lowest BCUT2D eigenvalue weighted by atomic mass is 10.1. The predicted molar refractivity (Wildman–Crippen MR) is 91.6 cm³/mol. The summed E-state index contributed by atoms with van der Waals surface area (Å²) in [5.74, 6) is 0.479. The Bertz CT molecular complexity index is 736. The van der Waals surface area contributed by atoms with Crippen LogP contribution in [0.15, 0.2) is 30.3 Å². The second-order valence-electron chi connectivity index (χ2n) is 5.40. The molecule has 0 aliphatic heterocycles. The molecule has 2 aromatic carbocycles. The van der Waals surface area contributed by atoms with Gasteiger partial charge in [0.25, 0.3) is 0 Å². The number of methoxy groups -OCH3 is 1. The fourth-order valence-corrected chi connectivity index (χ4v) is 2.38. The molecule has 2 rings (SSSR count). The van der Waals surface area contributed by atoms with Gasteiger partial charge in [0.1, 0.15) is 5.75 Å². The van der Waals surface area contributed by atoms with Crippen molar-refractivity contribution in [2.75, 3.05) is 7.11 Å². The molecule has 128 valence electrons. The van der Waals surface area contributed by atoms with E-state index in [1.165, 1.54) is 7.11 Å². The third kappa shape index (κ3) is 4.04. The number of fused-ring (bicyclic) bond motifs is 1. The van der Waals surface area contributed by atoms with Crippen molar-refractivity contribution in [3.63, 3.8) is 0 Å². The Morgan fingerprint density at radius 3 is 2.04 bits per heavy atom. The van der Waals surface area contributed by atoms with E-state index in [1.54, 1.807) is 6.07 Å². The minimum atomic E-state index is -0.323. The smallest absolute Gasteiger partial charge is 0.311 e. The molecule has 0 bridgehead atoms. The van der Waals surface area contributed by atoms with Gasteiger partial charge in [-0.15, -0.1) is 0 Å². The number of carbonyl (C=O) groups excluding carboxylic acids is 2. The van der Waals surface area contributed by atoms with Crippen molar-refractivity contribution in [2.45, 2.75) is 39.5 Å². The van der Waals surface area contributed by atoms with E-state index < -0.39 is 0 Å². The van der Waals surface area contributed by atoms with E-state index >= 15 is 0 Å². The standard InChI is InChI=1S/C19H22O5/c1-4-8-17(20)23-15-12-16(22-3)19(24-18(21)9-5-2)14-11-7-6-10-13(14)15/h6-7,10-12H,4-5,8-9H2,1-3H3. The Hall–Kier alpha value is -2.56. The van der Waals surface area contributed by atoms with Crippen LogP contribution in [0.3, 0.4) is 0 Å². The number of hydrogen-bond donors (Lipinski definition) is 0. The maximum absolute atomic E-state index is 11.9. The highest BCUT2D eigenvalue weighted by Gasteiger charge is 2.18. The molecule has 2 aromatic rings. The number of ether oxygens (including phenoxy) is 3. The van der Waals surface area contributed by atoms with Gasteiger partial charge < -0.3 is 14.2 Å². The number of esters is 2. The first kappa shape index (κ1) is 17.8. The van der Waals surface area contributed by atoms with Gasteiger partial charge in [-0.1, -0.05) is 38.1 Å². The van der Waals surface area contributed by atoms with Crippen LogP contribution in [-0.4, -0.2) is 19.0 Å². The zero-order valence-electron chi connectivity index (χ0n) is 14.3. The minimum absolute atomic E-state index is 0.305. The Morgan fingerprint density at radius 1 is 0.875 bits per heavy atom. The fraction of sp³-hybridized carbons (Fsp3) is 0.368. The Balaban J connectivity index is 2.51. The van der Waals surface area contributed by atoms with Gasteiger partial charge in [0.2, 0.25) is 0 Å². The number of carbonyl (C=O) groups is 2. The van der Waals surface area contributed by atoms with Crippen LogP contribution in [0.25, 0.3) is 10.8 Å². The summed E-state index contributed by atoms with van der Waals surface area (Å²) in [6, 6.07) is 8.88. The SMILES string of the molecule is CCCC(=O)Oc1cc(OC)c(OC(=O)CCC)c2ccccc12. The third-order valence-corrected chi connectivity index (χ3v) is 3.49. The molecule has 0 atom stereocenters. The van der Waals surface area contributed by atoms with Crippen LogP contribution < -0.4 is 14.2 Å². The van der Waals surface area contributed by atoms with E-state index in [4.69, 9.17) is 14.2 Å². The van der Waals surface area contributed by atoms with Crippen LogP contribution >= 0.6 is 0 Å². The van der Waals surface area contributed by atoms with E-state index in [0.717, 1.165) is 0 Å². The van der Waals surface area contributed by atoms with Crippen molar-refractivity contribution in [3.8, 4) is 17.2 Å². The van der Waals surface area contributed by atoms with Gasteiger partial charge >= 0.3 is 11.9 Å². The molecule has 0 aliphatic rings. The lowest BCUT2D eigenvalue weighted by Gasteiger charge is -2.15. The van der Waals surface area contributed by atoms with E-state index in [9.17, 15) is 9.59 Å². The zero-order valence-corrected chi connectivity index (χ0v) is 14.3. The molecule has 0 aromatic heterocycles. The first-order valence-corrected chi connectivity index (χ1v) is 8.11. The molecule has 0 fully saturated rings. The molecule has 0 saturated carbocycles. The molecule has 0 unspecified atom stereocenters. The topological polar surface area (TPSA) is 61.8 Å². The predicted octanol–water partition coefficient (Wildman–Crippen LogP) is 4.26. The summed E-state index contributed by atoms with van der Waals surface area (Å²) in [7, 11) is 1.49. The molecule has 5 heteroatoms. The van der Waals surface area contributed by atoms with Crippen LogP contribution in [0, 0.1) is 0 Å². The van der Waals surface area contributed by atoms with Crippen LogP contribution in [0.5, 0.6) is 17.2 Å². The van der Waals surface area contributed by atoms with Gasteiger partial charge in [-0.25, -0.2) is 0 Å². The Kier molecular flexibility index (Phi) is 6.18. The maximum atomic E-state index is 11.9. The molecular formula is C19H22O5. The molecule has 0 amide bonds. The highest BCUT2D eigenvalue weighted by molar-refractivity contribution is 5.98. The van der Waals surface area contributed by atoms with Crippen LogP contribution in [-0.2, 0) is 9.59 Å². The number of benzene rings is 2. The lowest BCUT2D eigenvalue weighted by molar-refractivity contribution is -0.135. The Labute approximate surface area is 141 Å². The summed E-state index contributed by atoms with van der Waals surface area (Å²) in [5.41, 5.74) is 0. The van der Waals surface area contributed by atoms with Gasteiger partial charge in [0.15, 0.2) is 11.5 Å². The molecule has 0 aliphatic carbocycles. The zero-order chi connectivity index (χ0) is 17.5. The average Bonchev–Trinajstić information content (AvgIpc) is 2.57. The van der Waals surface area contributed by atoms with Gasteiger partial charge in [-0.3, -0.25) is 9.59 Å². The summed E-state index contributed by atoms with van der Waals surface area (Å²) in [6.07, 6.45) is 2.07. The van der Waals surface area contributed by atoms with Gasteiger partial charge in [0.05, 0.1) is 7.11 Å². The van der Waals surface area contributed by atoms with Crippen LogP contribution in [0.1, 0.15) is 39.5 Å². The van der Waals surface area contributed by atoms with E-state index in [-0.39, 0.29) is 11.9 Å². The van der Waals surface area contributed by atoms with E-state index in [0.29, 0.717) is 53.7 Å². The van der Waals surface area contributed by atoms with Crippen molar-refractivity contribution in [1.82, 2.24) is 0 Å². The summed E-state index contributed by atoms with van der Waals surface area (Å²) in [6.45, 7) is 3.82. The quantitative estimate of drug-likeness (QED) is 0.561. The van der Waals surface area contributed by atoms with E-state index in [2.05, 4.69) is 0 Å². The highest BCUT2D eigenvalue weighted by Crippen LogP contribution is 2.41. The van der Waals surface area contributed by atoms with Crippen LogP contribution in [0.2, 0.25) is 0 Å². The van der Waals surface area contributed by atoms with Crippen molar-refractivity contribution in [2.24, 2.45) is 0 Å². The molecule has 0 heterocycles. The molecule has 24 heavy (non-hydrogen) atoms. The second kappa shape index (κ2) is 8.34. The van der Waals surface area contributed by atoms with Gasteiger partial charge in [0, 0.05) is 29.7 Å². The molecule has 0 saturated heterocycles. The van der Waals surface area contributed by atoms with Gasteiger partial charge in [-0.2, -0.15) is 0 Å². The number of rotatable bonds is 7. The average molecular weight is 330 g/mol.